The maximum atomic E-state index is 11.8. The van der Waals surface area contributed by atoms with Gasteiger partial charge >= 0.3 is 6.09 Å². The van der Waals surface area contributed by atoms with Gasteiger partial charge in [-0.1, -0.05) is 18.2 Å². The molecule has 2 bridgehead atoms. The number of H-pyrrole nitrogens is 1. The molecule has 110 valence electrons. The van der Waals surface area contributed by atoms with Crippen LogP contribution in [0.3, 0.4) is 0 Å². The van der Waals surface area contributed by atoms with Gasteiger partial charge in [0.05, 0.1) is 6.04 Å². The number of hydrogen-bond donors (Lipinski definition) is 2. The number of fused-ring (bicyclic) bond motifs is 4. The summed E-state index contributed by atoms with van der Waals surface area (Å²) in [5.74, 6) is 1.18. The van der Waals surface area contributed by atoms with Gasteiger partial charge in [0.15, 0.2) is 0 Å². The van der Waals surface area contributed by atoms with Crippen molar-refractivity contribution in [1.82, 2.24) is 9.88 Å². The second-order valence-corrected chi connectivity index (χ2v) is 6.10. The number of para-hydroxylation sites is 1. The van der Waals surface area contributed by atoms with Crippen LogP contribution in [0.1, 0.15) is 12.8 Å². The van der Waals surface area contributed by atoms with Gasteiger partial charge in [-0.15, -0.1) is 0 Å². The van der Waals surface area contributed by atoms with Crippen LogP contribution in [0.2, 0.25) is 0 Å². The Hall–Kier alpha value is -2.01. The molecule has 0 spiro atoms. The van der Waals surface area contributed by atoms with Crippen molar-refractivity contribution in [2.75, 3.05) is 24.5 Å². The summed E-state index contributed by atoms with van der Waals surface area (Å²) < 4.78 is 0. The van der Waals surface area contributed by atoms with Crippen LogP contribution in [0.5, 0.6) is 0 Å². The van der Waals surface area contributed by atoms with Crippen molar-refractivity contribution in [2.24, 2.45) is 5.92 Å². The van der Waals surface area contributed by atoms with E-state index in [4.69, 9.17) is 0 Å². The van der Waals surface area contributed by atoms with Crippen LogP contribution < -0.4 is 4.90 Å². The Bertz CT molecular complexity index is 640. The zero-order valence-corrected chi connectivity index (χ0v) is 11.8. The third-order valence-electron chi connectivity index (χ3n) is 4.93. The fraction of sp³-hybridized carbons (Fsp3) is 0.438. The average Bonchev–Trinajstić information content (AvgIpc) is 2.91. The molecule has 0 saturated carbocycles. The highest BCUT2D eigenvalue weighted by Gasteiger charge is 2.40. The second kappa shape index (κ2) is 4.77. The van der Waals surface area contributed by atoms with E-state index in [1.807, 2.05) is 30.3 Å². The number of aromatic amines is 1. The molecule has 1 aromatic heterocycles. The molecule has 3 aliphatic rings. The molecule has 1 amide bonds. The molecule has 5 rings (SSSR count). The quantitative estimate of drug-likeness (QED) is 0.892. The Kier molecular flexibility index (Phi) is 2.89. The summed E-state index contributed by atoms with van der Waals surface area (Å²) in [6.07, 6.45) is 1.35. The van der Waals surface area contributed by atoms with Crippen LogP contribution in [0.4, 0.5) is 10.6 Å². The Morgan fingerprint density at radius 2 is 2.05 bits per heavy atom. The zero-order valence-electron chi connectivity index (χ0n) is 11.8. The number of aromatic nitrogens is 1. The van der Waals surface area contributed by atoms with E-state index in [1.165, 1.54) is 0 Å². The number of benzene rings is 1. The Balaban J connectivity index is 1.72. The van der Waals surface area contributed by atoms with Crippen LogP contribution in [-0.2, 0) is 0 Å². The molecule has 1 unspecified atom stereocenters. The molecule has 5 nitrogen and oxygen atoms in total. The lowest BCUT2D eigenvalue weighted by Crippen LogP contribution is -2.58. The SMILES string of the molecule is O=C(O)N(c1cc2ccccc2[nH]1)C1CN2CCC1CC2. The minimum absolute atomic E-state index is 0.0677. The number of carbonyl (C=O) groups is 1. The highest BCUT2D eigenvalue weighted by molar-refractivity contribution is 5.92. The minimum atomic E-state index is -0.861. The molecular formula is C16H19N3O2. The van der Waals surface area contributed by atoms with Gasteiger partial charge in [0.2, 0.25) is 0 Å². The summed E-state index contributed by atoms with van der Waals surface area (Å²) >= 11 is 0. The molecule has 3 fully saturated rings. The highest BCUT2D eigenvalue weighted by Crippen LogP contribution is 2.34. The molecule has 0 radical (unpaired) electrons. The summed E-state index contributed by atoms with van der Waals surface area (Å²) in [5.41, 5.74) is 0.986. The minimum Gasteiger partial charge on any atom is -0.465 e. The maximum absolute atomic E-state index is 11.8. The molecule has 3 saturated heterocycles. The molecule has 1 atom stereocenters. The van der Waals surface area contributed by atoms with Crippen LogP contribution in [-0.4, -0.2) is 46.8 Å². The third-order valence-corrected chi connectivity index (χ3v) is 4.93. The van der Waals surface area contributed by atoms with E-state index in [2.05, 4.69) is 9.88 Å². The molecule has 3 aliphatic heterocycles. The summed E-state index contributed by atoms with van der Waals surface area (Å²) in [4.78, 5) is 19.0. The Morgan fingerprint density at radius 1 is 1.29 bits per heavy atom. The first-order valence-corrected chi connectivity index (χ1v) is 7.54. The Morgan fingerprint density at radius 3 is 2.67 bits per heavy atom. The van der Waals surface area contributed by atoms with E-state index in [0.29, 0.717) is 11.7 Å². The third kappa shape index (κ3) is 2.08. The van der Waals surface area contributed by atoms with Gasteiger partial charge in [0, 0.05) is 17.4 Å². The van der Waals surface area contributed by atoms with Crippen molar-refractivity contribution >= 4 is 22.8 Å². The van der Waals surface area contributed by atoms with E-state index < -0.39 is 6.09 Å². The summed E-state index contributed by atoms with van der Waals surface area (Å²) in [5, 5.41) is 10.8. The summed E-state index contributed by atoms with van der Waals surface area (Å²) in [6.45, 7) is 3.08. The van der Waals surface area contributed by atoms with Crippen LogP contribution in [0.25, 0.3) is 10.9 Å². The van der Waals surface area contributed by atoms with E-state index in [1.54, 1.807) is 4.90 Å². The van der Waals surface area contributed by atoms with Gasteiger partial charge in [0.1, 0.15) is 5.82 Å². The molecule has 2 aromatic rings. The number of anilines is 1. The van der Waals surface area contributed by atoms with Crippen LogP contribution in [0, 0.1) is 5.92 Å². The average molecular weight is 285 g/mol. The number of hydrogen-bond acceptors (Lipinski definition) is 2. The lowest BCUT2D eigenvalue weighted by atomic mass is 9.83. The number of nitrogens with one attached hydrogen (secondary N) is 1. The molecular weight excluding hydrogens is 266 g/mol. The zero-order chi connectivity index (χ0) is 14.4. The van der Waals surface area contributed by atoms with Gasteiger partial charge in [-0.05, 0) is 44.0 Å². The van der Waals surface area contributed by atoms with Gasteiger partial charge in [-0.3, -0.25) is 4.90 Å². The summed E-state index contributed by atoms with van der Waals surface area (Å²) in [7, 11) is 0. The van der Waals surface area contributed by atoms with Gasteiger partial charge in [0.25, 0.3) is 0 Å². The van der Waals surface area contributed by atoms with Crippen molar-refractivity contribution < 1.29 is 9.90 Å². The molecule has 2 N–H and O–H groups in total. The largest absolute Gasteiger partial charge is 0.465 e. The van der Waals surface area contributed by atoms with Gasteiger partial charge < -0.3 is 15.0 Å². The lowest BCUT2D eigenvalue weighted by Gasteiger charge is -2.47. The fourth-order valence-corrected chi connectivity index (χ4v) is 3.84. The van der Waals surface area contributed by atoms with Crippen LogP contribution >= 0.6 is 0 Å². The molecule has 21 heavy (non-hydrogen) atoms. The number of amides is 1. The number of carboxylic acid groups (broad SMARTS) is 1. The maximum Gasteiger partial charge on any atom is 0.413 e. The molecule has 1 aromatic carbocycles. The Labute approximate surface area is 123 Å². The van der Waals surface area contributed by atoms with Crippen molar-refractivity contribution in [2.45, 2.75) is 18.9 Å². The van der Waals surface area contributed by atoms with E-state index in [0.717, 1.165) is 43.4 Å². The second-order valence-electron chi connectivity index (χ2n) is 6.10. The van der Waals surface area contributed by atoms with Gasteiger partial charge in [-0.25, -0.2) is 4.79 Å². The number of rotatable bonds is 2. The monoisotopic (exact) mass is 285 g/mol. The van der Waals surface area contributed by atoms with Gasteiger partial charge in [-0.2, -0.15) is 0 Å². The topological polar surface area (TPSA) is 59.6 Å². The molecule has 0 aliphatic carbocycles. The van der Waals surface area contributed by atoms with Crippen molar-refractivity contribution in [3.63, 3.8) is 0 Å². The predicted molar refractivity (Wildman–Crippen MR) is 81.8 cm³/mol. The van der Waals surface area contributed by atoms with E-state index in [9.17, 15) is 9.90 Å². The standard InChI is InChI=1S/C16H19N3O2/c20-16(21)19(14-10-18-7-5-11(14)6-8-18)15-9-12-3-1-2-4-13(12)17-15/h1-4,9,11,14,17H,5-8,10H2,(H,20,21). The van der Waals surface area contributed by atoms with E-state index >= 15 is 0 Å². The van der Waals surface area contributed by atoms with Crippen molar-refractivity contribution in [3.8, 4) is 0 Å². The lowest BCUT2D eigenvalue weighted by molar-refractivity contribution is 0.0835. The normalized spacial score (nSPS) is 27.9. The van der Waals surface area contributed by atoms with Crippen LogP contribution in [0.15, 0.2) is 30.3 Å². The highest BCUT2D eigenvalue weighted by atomic mass is 16.4. The first-order valence-electron chi connectivity index (χ1n) is 7.54. The number of piperidine rings is 3. The van der Waals surface area contributed by atoms with Crippen molar-refractivity contribution in [1.29, 1.82) is 0 Å². The fourth-order valence-electron chi connectivity index (χ4n) is 3.84. The molecule has 5 heteroatoms. The number of nitrogens with zero attached hydrogens (tertiary/aromatic N) is 2. The summed E-state index contributed by atoms with van der Waals surface area (Å²) in [6, 6.07) is 9.93. The first kappa shape index (κ1) is 12.7. The van der Waals surface area contributed by atoms with Crippen molar-refractivity contribution in [3.05, 3.63) is 30.3 Å². The predicted octanol–water partition coefficient (Wildman–Crippen LogP) is 2.75. The smallest absolute Gasteiger partial charge is 0.413 e. The first-order chi connectivity index (χ1) is 10.2. The molecule has 4 heterocycles. The van der Waals surface area contributed by atoms with E-state index in [-0.39, 0.29) is 6.04 Å².